The second-order valence-corrected chi connectivity index (χ2v) is 6.12. The van der Waals surface area contributed by atoms with E-state index in [9.17, 15) is 4.79 Å². The molecule has 0 atom stereocenters. The number of benzene rings is 1. The van der Waals surface area contributed by atoms with Crippen LogP contribution in [0.1, 0.15) is 12.0 Å². The van der Waals surface area contributed by atoms with Crippen molar-refractivity contribution in [2.24, 2.45) is 11.1 Å². The van der Waals surface area contributed by atoms with E-state index in [1.165, 1.54) is 12.2 Å². The van der Waals surface area contributed by atoms with Gasteiger partial charge in [-0.25, -0.2) is 0 Å². The average molecular weight is 390 g/mol. The van der Waals surface area contributed by atoms with Gasteiger partial charge in [-0.1, -0.05) is 65.8 Å². The van der Waals surface area contributed by atoms with Crippen LogP contribution in [0.25, 0.3) is 5.57 Å². The minimum atomic E-state index is -0.366. The molecule has 0 spiro atoms. The summed E-state index contributed by atoms with van der Waals surface area (Å²) < 4.78 is 0. The molecule has 2 rings (SSSR count). The van der Waals surface area contributed by atoms with E-state index in [1.807, 2.05) is 18.2 Å². The zero-order valence-corrected chi connectivity index (χ0v) is 15.3. The van der Waals surface area contributed by atoms with Crippen molar-refractivity contribution in [3.8, 4) is 0 Å². The zero-order chi connectivity index (χ0) is 19.1. The summed E-state index contributed by atoms with van der Waals surface area (Å²) in [6.45, 7) is 7.13. The van der Waals surface area contributed by atoms with Crippen LogP contribution in [0, 0.1) is 0 Å². The van der Waals surface area contributed by atoms with Gasteiger partial charge in [-0.05, 0) is 35.4 Å². The first-order chi connectivity index (χ1) is 12.5. The topological polar surface area (TPSA) is 76.7 Å². The molecule has 1 aromatic rings. The van der Waals surface area contributed by atoms with Gasteiger partial charge in [0, 0.05) is 17.1 Å². The SMILES string of the molecule is C=C/C=C(\C(=C)Cl)C(=O)Nc1ccc(C2=CC/C(=N\ON)C=C2Cl)cc1. The Morgan fingerprint density at radius 2 is 2.04 bits per heavy atom. The lowest BCUT2D eigenvalue weighted by molar-refractivity contribution is -0.112. The second-order valence-electron chi connectivity index (χ2n) is 5.25. The molecule has 3 N–H and O–H groups in total. The highest BCUT2D eigenvalue weighted by Crippen LogP contribution is 2.31. The number of nitrogens with two attached hydrogens (primary N) is 1. The maximum atomic E-state index is 12.2. The van der Waals surface area contributed by atoms with Crippen molar-refractivity contribution in [2.75, 3.05) is 5.32 Å². The Morgan fingerprint density at radius 3 is 2.58 bits per heavy atom. The molecular weight excluding hydrogens is 373 g/mol. The van der Waals surface area contributed by atoms with Gasteiger partial charge in [-0.2, -0.15) is 0 Å². The van der Waals surface area contributed by atoms with Gasteiger partial charge in [0.05, 0.1) is 16.3 Å². The molecule has 1 aliphatic carbocycles. The van der Waals surface area contributed by atoms with Crippen LogP contribution in [0.15, 0.2) is 82.5 Å². The van der Waals surface area contributed by atoms with Crippen molar-refractivity contribution in [2.45, 2.75) is 6.42 Å². The summed E-state index contributed by atoms with van der Waals surface area (Å²) in [5, 5.41) is 7.09. The molecule has 1 amide bonds. The van der Waals surface area contributed by atoms with E-state index < -0.39 is 0 Å². The molecule has 1 aromatic carbocycles. The Kier molecular flexibility index (Phi) is 6.97. The fraction of sp³-hybridized carbons (Fsp3) is 0.0526. The van der Waals surface area contributed by atoms with E-state index in [0.29, 0.717) is 22.9 Å². The first kappa shape index (κ1) is 19.7. The highest BCUT2D eigenvalue weighted by atomic mass is 35.5. The molecule has 5 nitrogen and oxygen atoms in total. The number of halogens is 2. The lowest BCUT2D eigenvalue weighted by atomic mass is 9.98. The van der Waals surface area contributed by atoms with Crippen molar-refractivity contribution in [1.82, 2.24) is 0 Å². The van der Waals surface area contributed by atoms with E-state index in [4.69, 9.17) is 29.1 Å². The molecular formula is C19H17Cl2N3O2. The van der Waals surface area contributed by atoms with Crippen LogP contribution in [0.5, 0.6) is 0 Å². The summed E-state index contributed by atoms with van der Waals surface area (Å²) >= 11 is 12.1. The smallest absolute Gasteiger partial charge is 0.257 e. The molecule has 0 unspecified atom stereocenters. The molecule has 7 heteroatoms. The number of amides is 1. The number of oxime groups is 1. The van der Waals surface area contributed by atoms with Gasteiger partial charge in [0.25, 0.3) is 5.91 Å². The number of anilines is 1. The number of hydrogen-bond acceptors (Lipinski definition) is 4. The van der Waals surface area contributed by atoms with Crippen molar-refractivity contribution < 1.29 is 9.73 Å². The highest BCUT2D eigenvalue weighted by molar-refractivity contribution is 6.39. The number of hydrogen-bond donors (Lipinski definition) is 2. The predicted octanol–water partition coefficient (Wildman–Crippen LogP) is 4.65. The lowest BCUT2D eigenvalue weighted by Gasteiger charge is -2.13. The number of allylic oxidation sites excluding steroid dienone is 6. The first-order valence-corrected chi connectivity index (χ1v) is 8.31. The van der Waals surface area contributed by atoms with E-state index >= 15 is 0 Å². The standard InChI is InChI=1S/C19H17Cl2N3O2/c1-3-4-16(12(2)20)19(25)23-14-7-5-13(6-8-14)17-10-9-15(24-26-22)11-18(17)21/h3-8,10-11H,1-2,9,22H2,(H,23,25)/b16-4+,24-15+. The van der Waals surface area contributed by atoms with Crippen LogP contribution < -0.4 is 11.2 Å². The Labute approximate surface area is 161 Å². The third-order valence-corrected chi connectivity index (χ3v) is 4.03. The quantitative estimate of drug-likeness (QED) is 0.422. The fourth-order valence-electron chi connectivity index (χ4n) is 2.31. The number of nitrogens with zero attached hydrogens (tertiary/aromatic N) is 1. The molecule has 134 valence electrons. The minimum absolute atomic E-state index is 0.141. The number of rotatable bonds is 6. The van der Waals surface area contributed by atoms with Crippen LogP contribution in [0.4, 0.5) is 5.69 Å². The second kappa shape index (κ2) is 9.20. The van der Waals surface area contributed by atoms with E-state index in [2.05, 4.69) is 28.6 Å². The lowest BCUT2D eigenvalue weighted by Crippen LogP contribution is -2.14. The van der Waals surface area contributed by atoms with Crippen LogP contribution in [0.2, 0.25) is 0 Å². The highest BCUT2D eigenvalue weighted by Gasteiger charge is 2.14. The van der Waals surface area contributed by atoms with Crippen molar-refractivity contribution in [3.63, 3.8) is 0 Å². The van der Waals surface area contributed by atoms with Gasteiger partial charge in [-0.3, -0.25) is 4.79 Å². The van der Waals surface area contributed by atoms with Gasteiger partial charge in [0.15, 0.2) is 0 Å². The van der Waals surface area contributed by atoms with Gasteiger partial charge in [0.2, 0.25) is 0 Å². The molecule has 0 radical (unpaired) electrons. The third-order valence-electron chi connectivity index (χ3n) is 3.51. The molecule has 0 saturated carbocycles. The zero-order valence-electron chi connectivity index (χ0n) is 13.8. The molecule has 0 aliphatic heterocycles. The molecule has 0 heterocycles. The van der Waals surface area contributed by atoms with E-state index in [-0.39, 0.29) is 16.5 Å². The Hall–Kier alpha value is -2.60. The molecule has 0 fully saturated rings. The maximum absolute atomic E-state index is 12.2. The Morgan fingerprint density at radius 1 is 1.35 bits per heavy atom. The van der Waals surface area contributed by atoms with Crippen molar-refractivity contribution in [3.05, 3.63) is 82.9 Å². The Balaban J connectivity index is 2.14. The molecule has 0 aromatic heterocycles. The van der Waals surface area contributed by atoms with Crippen LogP contribution in [0.3, 0.4) is 0 Å². The number of nitrogens with one attached hydrogen (secondary N) is 1. The van der Waals surface area contributed by atoms with Gasteiger partial charge in [-0.15, -0.1) is 5.90 Å². The van der Waals surface area contributed by atoms with Crippen LogP contribution >= 0.6 is 23.2 Å². The normalized spacial score (nSPS) is 15.8. The Bertz CT molecular complexity index is 850. The summed E-state index contributed by atoms with van der Waals surface area (Å²) in [6.07, 6.45) is 7.15. The molecule has 1 aliphatic rings. The number of carbonyl (C=O) groups is 1. The summed E-state index contributed by atoms with van der Waals surface area (Å²) in [4.78, 5) is 16.5. The number of carbonyl (C=O) groups excluding carboxylic acids is 1. The van der Waals surface area contributed by atoms with Crippen LogP contribution in [-0.4, -0.2) is 11.6 Å². The predicted molar refractivity (Wildman–Crippen MR) is 108 cm³/mol. The largest absolute Gasteiger partial charge is 0.322 e. The van der Waals surface area contributed by atoms with Crippen molar-refractivity contribution >= 4 is 46.1 Å². The summed E-state index contributed by atoms with van der Waals surface area (Å²) in [5.41, 5.74) is 3.26. The average Bonchev–Trinajstić information content (AvgIpc) is 2.60. The van der Waals surface area contributed by atoms with E-state index in [1.54, 1.807) is 18.2 Å². The first-order valence-electron chi connectivity index (χ1n) is 7.56. The van der Waals surface area contributed by atoms with Gasteiger partial charge >= 0.3 is 0 Å². The molecule has 26 heavy (non-hydrogen) atoms. The summed E-state index contributed by atoms with van der Waals surface area (Å²) in [6, 6.07) is 7.25. The van der Waals surface area contributed by atoms with Crippen LogP contribution in [-0.2, 0) is 9.73 Å². The van der Waals surface area contributed by atoms with Gasteiger partial charge in [0.1, 0.15) is 0 Å². The van der Waals surface area contributed by atoms with Crippen molar-refractivity contribution in [1.29, 1.82) is 0 Å². The third kappa shape index (κ3) is 4.95. The molecule has 0 bridgehead atoms. The molecule has 0 saturated heterocycles. The maximum Gasteiger partial charge on any atom is 0.257 e. The summed E-state index contributed by atoms with van der Waals surface area (Å²) in [7, 11) is 0. The fourth-order valence-corrected chi connectivity index (χ4v) is 2.77. The minimum Gasteiger partial charge on any atom is -0.322 e. The van der Waals surface area contributed by atoms with E-state index in [0.717, 1.165) is 11.1 Å². The monoisotopic (exact) mass is 389 g/mol. The summed E-state index contributed by atoms with van der Waals surface area (Å²) in [5.74, 6) is 4.56. The van der Waals surface area contributed by atoms with Gasteiger partial charge < -0.3 is 10.3 Å².